The van der Waals surface area contributed by atoms with Crippen LogP contribution in [0.3, 0.4) is 0 Å². The highest BCUT2D eigenvalue weighted by molar-refractivity contribution is 9.10. The SMILES string of the molecule is CCCCCCOc1ccc(Br)cc1C(=O)Nc1ccc(NC(=O)CC)cc1. The molecule has 2 aromatic rings. The first-order valence-corrected chi connectivity index (χ1v) is 10.5. The van der Waals surface area contributed by atoms with E-state index in [0.29, 0.717) is 35.7 Å². The van der Waals surface area contributed by atoms with E-state index in [4.69, 9.17) is 4.74 Å². The molecule has 0 aliphatic rings. The van der Waals surface area contributed by atoms with E-state index in [0.717, 1.165) is 17.3 Å². The highest BCUT2D eigenvalue weighted by Crippen LogP contribution is 2.25. The summed E-state index contributed by atoms with van der Waals surface area (Å²) in [5.74, 6) is 0.283. The summed E-state index contributed by atoms with van der Waals surface area (Å²) >= 11 is 3.42. The van der Waals surface area contributed by atoms with E-state index in [2.05, 4.69) is 33.5 Å². The van der Waals surface area contributed by atoms with Crippen molar-refractivity contribution in [2.24, 2.45) is 0 Å². The van der Waals surface area contributed by atoms with Crippen molar-refractivity contribution in [3.8, 4) is 5.75 Å². The first-order chi connectivity index (χ1) is 13.5. The lowest BCUT2D eigenvalue weighted by Crippen LogP contribution is -2.14. The molecule has 0 aliphatic heterocycles. The molecule has 0 saturated carbocycles. The van der Waals surface area contributed by atoms with Crippen LogP contribution in [0.4, 0.5) is 11.4 Å². The van der Waals surface area contributed by atoms with Gasteiger partial charge in [0.05, 0.1) is 12.2 Å². The van der Waals surface area contributed by atoms with Crippen molar-refractivity contribution >= 4 is 39.1 Å². The highest BCUT2D eigenvalue weighted by atomic mass is 79.9. The van der Waals surface area contributed by atoms with Gasteiger partial charge in [0.1, 0.15) is 5.75 Å². The molecule has 6 heteroatoms. The van der Waals surface area contributed by atoms with Crippen LogP contribution in [0.5, 0.6) is 5.75 Å². The van der Waals surface area contributed by atoms with Gasteiger partial charge in [-0.2, -0.15) is 0 Å². The average Bonchev–Trinajstić information content (AvgIpc) is 2.70. The third kappa shape index (κ3) is 7.00. The van der Waals surface area contributed by atoms with Gasteiger partial charge in [-0.3, -0.25) is 9.59 Å². The lowest BCUT2D eigenvalue weighted by molar-refractivity contribution is -0.115. The van der Waals surface area contributed by atoms with Gasteiger partial charge >= 0.3 is 0 Å². The fraction of sp³-hybridized carbons (Fsp3) is 0.364. The normalized spacial score (nSPS) is 10.4. The fourth-order valence-corrected chi connectivity index (χ4v) is 2.96. The summed E-state index contributed by atoms with van der Waals surface area (Å²) in [5, 5.41) is 5.66. The third-order valence-corrected chi connectivity index (χ3v) is 4.68. The van der Waals surface area contributed by atoms with Crippen molar-refractivity contribution in [2.45, 2.75) is 46.0 Å². The zero-order valence-corrected chi connectivity index (χ0v) is 18.0. The van der Waals surface area contributed by atoms with E-state index in [-0.39, 0.29) is 11.8 Å². The predicted molar refractivity (Wildman–Crippen MR) is 117 cm³/mol. The molecule has 0 unspecified atom stereocenters. The second-order valence-corrected chi connectivity index (χ2v) is 7.40. The second-order valence-electron chi connectivity index (χ2n) is 6.48. The number of anilines is 2. The Morgan fingerprint density at radius 3 is 2.25 bits per heavy atom. The van der Waals surface area contributed by atoms with Crippen molar-refractivity contribution in [3.63, 3.8) is 0 Å². The third-order valence-electron chi connectivity index (χ3n) is 4.19. The molecule has 2 rings (SSSR count). The van der Waals surface area contributed by atoms with Crippen LogP contribution < -0.4 is 15.4 Å². The lowest BCUT2D eigenvalue weighted by Gasteiger charge is -2.13. The zero-order valence-electron chi connectivity index (χ0n) is 16.4. The molecule has 2 amide bonds. The van der Waals surface area contributed by atoms with Crippen LogP contribution in [0.1, 0.15) is 56.3 Å². The molecule has 0 heterocycles. The number of rotatable bonds is 10. The molecule has 5 nitrogen and oxygen atoms in total. The number of carbonyl (C=O) groups excluding carboxylic acids is 2. The molecule has 0 saturated heterocycles. The summed E-state index contributed by atoms with van der Waals surface area (Å²) < 4.78 is 6.66. The average molecular weight is 447 g/mol. The monoisotopic (exact) mass is 446 g/mol. The number of nitrogens with one attached hydrogen (secondary N) is 2. The van der Waals surface area contributed by atoms with Crippen molar-refractivity contribution in [1.82, 2.24) is 0 Å². The molecule has 2 aromatic carbocycles. The Morgan fingerprint density at radius 1 is 0.929 bits per heavy atom. The second kappa shape index (κ2) is 11.5. The molecule has 0 bridgehead atoms. The van der Waals surface area contributed by atoms with E-state index >= 15 is 0 Å². The molecule has 2 N–H and O–H groups in total. The summed E-state index contributed by atoms with van der Waals surface area (Å²) in [5.41, 5.74) is 1.82. The van der Waals surface area contributed by atoms with E-state index < -0.39 is 0 Å². The summed E-state index contributed by atoms with van der Waals surface area (Å²) in [6, 6.07) is 12.5. The minimum Gasteiger partial charge on any atom is -0.493 e. The van der Waals surface area contributed by atoms with E-state index in [9.17, 15) is 9.59 Å². The molecule has 0 aliphatic carbocycles. The van der Waals surface area contributed by atoms with Crippen LogP contribution in [-0.2, 0) is 4.79 Å². The number of carbonyl (C=O) groups is 2. The Kier molecular flexibility index (Phi) is 9.01. The standard InChI is InChI=1S/C22H27BrN2O3/c1-3-5-6-7-14-28-20-13-8-16(23)15-19(20)22(27)25-18-11-9-17(10-12-18)24-21(26)4-2/h8-13,15H,3-7,14H2,1-2H3,(H,24,26)(H,25,27). The van der Waals surface area contributed by atoms with Crippen LogP contribution in [0, 0.1) is 0 Å². The van der Waals surface area contributed by atoms with Crippen molar-refractivity contribution in [2.75, 3.05) is 17.2 Å². The van der Waals surface area contributed by atoms with Crippen LogP contribution in [0.2, 0.25) is 0 Å². The molecule has 0 atom stereocenters. The summed E-state index contributed by atoms with van der Waals surface area (Å²) in [6.07, 6.45) is 4.87. The Hall–Kier alpha value is -2.34. The molecular formula is C22H27BrN2O3. The van der Waals surface area contributed by atoms with Gasteiger partial charge in [0.25, 0.3) is 5.91 Å². The van der Waals surface area contributed by atoms with Crippen LogP contribution >= 0.6 is 15.9 Å². The zero-order chi connectivity index (χ0) is 20.4. The number of unbranched alkanes of at least 4 members (excludes halogenated alkanes) is 3. The number of hydrogen-bond acceptors (Lipinski definition) is 3. The number of amides is 2. The summed E-state index contributed by atoms with van der Waals surface area (Å²) in [4.78, 5) is 24.2. The van der Waals surface area contributed by atoms with E-state index in [1.165, 1.54) is 12.8 Å². The van der Waals surface area contributed by atoms with Gasteiger partial charge in [0.15, 0.2) is 0 Å². The van der Waals surface area contributed by atoms with E-state index in [1.54, 1.807) is 37.3 Å². The molecular weight excluding hydrogens is 420 g/mol. The molecule has 0 fully saturated rings. The van der Waals surface area contributed by atoms with Gasteiger partial charge in [-0.15, -0.1) is 0 Å². The Bertz CT molecular complexity index is 791. The maximum Gasteiger partial charge on any atom is 0.259 e. The smallest absolute Gasteiger partial charge is 0.259 e. The van der Waals surface area contributed by atoms with Gasteiger partial charge in [0.2, 0.25) is 5.91 Å². The molecule has 0 radical (unpaired) electrons. The minimum atomic E-state index is -0.241. The minimum absolute atomic E-state index is 0.0494. The van der Waals surface area contributed by atoms with Crippen LogP contribution in [0.25, 0.3) is 0 Å². The lowest BCUT2D eigenvalue weighted by atomic mass is 10.1. The van der Waals surface area contributed by atoms with Gasteiger partial charge < -0.3 is 15.4 Å². The highest BCUT2D eigenvalue weighted by Gasteiger charge is 2.14. The fourth-order valence-electron chi connectivity index (χ4n) is 2.60. The number of halogens is 1. The van der Waals surface area contributed by atoms with Crippen molar-refractivity contribution in [1.29, 1.82) is 0 Å². The maximum absolute atomic E-state index is 12.7. The Morgan fingerprint density at radius 2 is 1.61 bits per heavy atom. The number of benzene rings is 2. The Labute approximate surface area is 175 Å². The van der Waals surface area contributed by atoms with Gasteiger partial charge in [0, 0.05) is 22.3 Å². The van der Waals surface area contributed by atoms with Gasteiger partial charge in [-0.05, 0) is 48.9 Å². The quantitative estimate of drug-likeness (QED) is 0.439. The van der Waals surface area contributed by atoms with E-state index in [1.807, 2.05) is 12.1 Å². The number of ether oxygens (including phenoxy) is 1. The van der Waals surface area contributed by atoms with Crippen molar-refractivity contribution in [3.05, 3.63) is 52.5 Å². The first kappa shape index (κ1) is 22.0. The number of hydrogen-bond donors (Lipinski definition) is 2. The Balaban J connectivity index is 2.02. The van der Waals surface area contributed by atoms with Gasteiger partial charge in [-0.1, -0.05) is 49.0 Å². The molecule has 150 valence electrons. The predicted octanol–water partition coefficient (Wildman–Crippen LogP) is 6.01. The molecule has 28 heavy (non-hydrogen) atoms. The summed E-state index contributed by atoms with van der Waals surface area (Å²) in [6.45, 7) is 4.56. The van der Waals surface area contributed by atoms with Crippen molar-refractivity contribution < 1.29 is 14.3 Å². The molecule has 0 aromatic heterocycles. The van der Waals surface area contributed by atoms with Gasteiger partial charge in [-0.25, -0.2) is 0 Å². The largest absolute Gasteiger partial charge is 0.493 e. The summed E-state index contributed by atoms with van der Waals surface area (Å²) in [7, 11) is 0. The molecule has 0 spiro atoms. The maximum atomic E-state index is 12.7. The van der Waals surface area contributed by atoms with Crippen LogP contribution in [-0.4, -0.2) is 18.4 Å². The topological polar surface area (TPSA) is 67.4 Å². The van der Waals surface area contributed by atoms with Crippen LogP contribution in [0.15, 0.2) is 46.9 Å². The first-order valence-electron chi connectivity index (χ1n) is 9.67.